The van der Waals surface area contributed by atoms with Gasteiger partial charge < -0.3 is 10.2 Å². The molecule has 1 saturated carbocycles. The third-order valence-electron chi connectivity index (χ3n) is 4.71. The molecule has 2 heterocycles. The topological polar surface area (TPSA) is 45.5 Å². The standard InChI is InChI=1S/C15H25N5/c1-15(2)7-13(15)18-14(16-3)20-6-5-11(10-20)12-8-17-19(4)9-12/h8-9,11,13H,5-7,10H2,1-4H3,(H,16,18). The summed E-state index contributed by atoms with van der Waals surface area (Å²) in [5.74, 6) is 1.64. The quantitative estimate of drug-likeness (QED) is 0.658. The number of aryl methyl sites for hydroxylation is 1. The normalized spacial score (nSPS) is 28.8. The zero-order valence-corrected chi connectivity index (χ0v) is 12.9. The SMILES string of the molecule is CN=C(NC1CC1(C)C)N1CCC(c2cnn(C)c2)C1. The van der Waals surface area contributed by atoms with Crippen molar-refractivity contribution in [2.24, 2.45) is 17.5 Å². The molecule has 0 radical (unpaired) electrons. The van der Waals surface area contributed by atoms with Gasteiger partial charge in [0.05, 0.1) is 6.20 Å². The Hall–Kier alpha value is -1.52. The van der Waals surface area contributed by atoms with Crippen molar-refractivity contribution in [2.75, 3.05) is 20.1 Å². The molecule has 1 N–H and O–H groups in total. The number of rotatable bonds is 2. The van der Waals surface area contributed by atoms with Crippen LogP contribution in [0.5, 0.6) is 0 Å². The van der Waals surface area contributed by atoms with Gasteiger partial charge in [-0.1, -0.05) is 13.8 Å². The van der Waals surface area contributed by atoms with Gasteiger partial charge in [-0.15, -0.1) is 0 Å². The van der Waals surface area contributed by atoms with Gasteiger partial charge in [0.1, 0.15) is 0 Å². The van der Waals surface area contributed by atoms with Crippen molar-refractivity contribution >= 4 is 5.96 Å². The number of aliphatic imine (C=N–C) groups is 1. The minimum atomic E-state index is 0.429. The van der Waals surface area contributed by atoms with Crippen LogP contribution < -0.4 is 5.32 Å². The van der Waals surface area contributed by atoms with Gasteiger partial charge in [0.15, 0.2) is 5.96 Å². The summed E-state index contributed by atoms with van der Waals surface area (Å²) >= 11 is 0. The van der Waals surface area contributed by atoms with Crippen LogP contribution in [-0.4, -0.2) is 46.8 Å². The molecule has 1 aliphatic carbocycles. The van der Waals surface area contributed by atoms with Crippen LogP contribution in [0.2, 0.25) is 0 Å². The summed E-state index contributed by atoms with van der Waals surface area (Å²) in [5.41, 5.74) is 1.77. The van der Waals surface area contributed by atoms with E-state index in [-0.39, 0.29) is 0 Å². The molecule has 20 heavy (non-hydrogen) atoms. The number of likely N-dealkylation sites (tertiary alicyclic amines) is 1. The molecule has 2 fully saturated rings. The van der Waals surface area contributed by atoms with E-state index in [0.29, 0.717) is 17.4 Å². The Kier molecular flexibility index (Phi) is 3.22. The first-order valence-electron chi connectivity index (χ1n) is 7.46. The Balaban J connectivity index is 1.61. The molecule has 0 bridgehead atoms. The summed E-state index contributed by atoms with van der Waals surface area (Å²) in [6.45, 7) is 6.73. The summed E-state index contributed by atoms with van der Waals surface area (Å²) in [6, 6.07) is 0.582. The lowest BCUT2D eigenvalue weighted by molar-refractivity contribution is 0.475. The molecule has 0 aromatic carbocycles. The highest BCUT2D eigenvalue weighted by molar-refractivity contribution is 5.81. The van der Waals surface area contributed by atoms with Crippen LogP contribution >= 0.6 is 0 Å². The van der Waals surface area contributed by atoms with Crippen LogP contribution in [0.15, 0.2) is 17.4 Å². The summed E-state index contributed by atoms with van der Waals surface area (Å²) in [7, 11) is 3.86. The second kappa shape index (κ2) is 4.79. The molecule has 2 aliphatic rings. The fraction of sp³-hybridized carbons (Fsp3) is 0.733. The molecule has 5 heteroatoms. The number of hydrogen-bond acceptors (Lipinski definition) is 2. The maximum absolute atomic E-state index is 4.46. The molecule has 2 atom stereocenters. The Morgan fingerprint density at radius 1 is 1.50 bits per heavy atom. The maximum atomic E-state index is 4.46. The maximum Gasteiger partial charge on any atom is 0.193 e. The summed E-state index contributed by atoms with van der Waals surface area (Å²) in [6.07, 6.45) is 6.55. The highest BCUT2D eigenvalue weighted by Gasteiger charge is 2.46. The molecule has 0 amide bonds. The van der Waals surface area contributed by atoms with Crippen LogP contribution in [0.3, 0.4) is 0 Å². The van der Waals surface area contributed by atoms with Gasteiger partial charge in [0, 0.05) is 45.3 Å². The van der Waals surface area contributed by atoms with Crippen molar-refractivity contribution in [1.29, 1.82) is 0 Å². The van der Waals surface area contributed by atoms with Crippen LogP contribution in [0, 0.1) is 5.41 Å². The van der Waals surface area contributed by atoms with Gasteiger partial charge in [-0.25, -0.2) is 0 Å². The van der Waals surface area contributed by atoms with Crippen LogP contribution in [-0.2, 0) is 7.05 Å². The number of guanidine groups is 1. The highest BCUT2D eigenvalue weighted by atomic mass is 15.3. The van der Waals surface area contributed by atoms with Crippen LogP contribution in [0.4, 0.5) is 0 Å². The first-order valence-corrected chi connectivity index (χ1v) is 7.46. The zero-order chi connectivity index (χ0) is 14.3. The fourth-order valence-electron chi connectivity index (χ4n) is 3.04. The van der Waals surface area contributed by atoms with E-state index in [9.17, 15) is 0 Å². The first kappa shape index (κ1) is 13.5. The van der Waals surface area contributed by atoms with E-state index >= 15 is 0 Å². The summed E-state index contributed by atoms with van der Waals surface area (Å²) in [4.78, 5) is 6.84. The molecular weight excluding hydrogens is 250 g/mol. The van der Waals surface area contributed by atoms with Gasteiger partial charge >= 0.3 is 0 Å². The lowest BCUT2D eigenvalue weighted by Gasteiger charge is -2.22. The first-order chi connectivity index (χ1) is 9.49. The lowest BCUT2D eigenvalue weighted by atomic mass is 10.0. The Morgan fingerprint density at radius 3 is 2.80 bits per heavy atom. The van der Waals surface area contributed by atoms with E-state index in [1.807, 2.05) is 25.0 Å². The van der Waals surface area contributed by atoms with E-state index in [4.69, 9.17) is 0 Å². The minimum absolute atomic E-state index is 0.429. The van der Waals surface area contributed by atoms with Gasteiger partial charge in [-0.05, 0) is 23.8 Å². The molecule has 5 nitrogen and oxygen atoms in total. The van der Waals surface area contributed by atoms with E-state index in [1.54, 1.807) is 0 Å². The average Bonchev–Trinajstić information content (AvgIpc) is 2.81. The fourth-order valence-corrected chi connectivity index (χ4v) is 3.04. The van der Waals surface area contributed by atoms with Crippen molar-refractivity contribution in [1.82, 2.24) is 20.0 Å². The summed E-state index contributed by atoms with van der Waals surface area (Å²) < 4.78 is 1.89. The predicted octanol–water partition coefficient (Wildman–Crippen LogP) is 1.58. The van der Waals surface area contributed by atoms with E-state index in [2.05, 4.69) is 40.4 Å². The van der Waals surface area contributed by atoms with Gasteiger partial charge in [-0.2, -0.15) is 5.10 Å². The van der Waals surface area contributed by atoms with E-state index < -0.39 is 0 Å². The number of nitrogens with zero attached hydrogens (tertiary/aromatic N) is 4. The number of aromatic nitrogens is 2. The third-order valence-corrected chi connectivity index (χ3v) is 4.71. The molecule has 2 unspecified atom stereocenters. The number of hydrogen-bond donors (Lipinski definition) is 1. The molecule has 3 rings (SSSR count). The molecular formula is C15H25N5. The molecule has 110 valence electrons. The molecule has 1 aliphatic heterocycles. The van der Waals surface area contributed by atoms with Crippen molar-refractivity contribution in [3.63, 3.8) is 0 Å². The van der Waals surface area contributed by atoms with Gasteiger partial charge in [0.25, 0.3) is 0 Å². The second-order valence-electron chi connectivity index (χ2n) is 6.82. The van der Waals surface area contributed by atoms with Crippen LogP contribution in [0.25, 0.3) is 0 Å². The Bertz CT molecular complexity index is 516. The largest absolute Gasteiger partial charge is 0.353 e. The smallest absolute Gasteiger partial charge is 0.193 e. The number of nitrogens with one attached hydrogen (secondary N) is 1. The predicted molar refractivity (Wildman–Crippen MR) is 80.8 cm³/mol. The van der Waals surface area contributed by atoms with Crippen molar-refractivity contribution in [3.8, 4) is 0 Å². The second-order valence-corrected chi connectivity index (χ2v) is 6.82. The highest BCUT2D eigenvalue weighted by Crippen LogP contribution is 2.44. The molecule has 1 saturated heterocycles. The molecule has 1 aromatic heterocycles. The monoisotopic (exact) mass is 275 g/mol. The molecule has 0 spiro atoms. The lowest BCUT2D eigenvalue weighted by Crippen LogP contribution is -2.42. The third kappa shape index (κ3) is 2.53. The van der Waals surface area contributed by atoms with Crippen molar-refractivity contribution in [2.45, 2.75) is 38.6 Å². The summed E-state index contributed by atoms with van der Waals surface area (Å²) in [5, 5.41) is 7.89. The molecule has 1 aromatic rings. The van der Waals surface area contributed by atoms with Gasteiger partial charge in [-0.3, -0.25) is 9.67 Å². The van der Waals surface area contributed by atoms with Gasteiger partial charge in [0.2, 0.25) is 0 Å². The Labute approximate surface area is 121 Å². The Morgan fingerprint density at radius 2 is 2.25 bits per heavy atom. The van der Waals surface area contributed by atoms with Crippen molar-refractivity contribution < 1.29 is 0 Å². The van der Waals surface area contributed by atoms with E-state index in [1.165, 1.54) is 18.4 Å². The average molecular weight is 275 g/mol. The van der Waals surface area contributed by atoms with Crippen molar-refractivity contribution in [3.05, 3.63) is 18.0 Å². The van der Waals surface area contributed by atoms with E-state index in [0.717, 1.165) is 19.0 Å². The minimum Gasteiger partial charge on any atom is -0.353 e. The van der Waals surface area contributed by atoms with Crippen LogP contribution in [0.1, 0.15) is 38.2 Å². The zero-order valence-electron chi connectivity index (χ0n) is 12.9.